The minimum Gasteiger partial charge on any atom is -0.398 e. The average Bonchev–Trinajstić information content (AvgIpc) is 2.31. The molecule has 0 radical (unpaired) electrons. The van der Waals surface area contributed by atoms with E-state index >= 15 is 0 Å². The summed E-state index contributed by atoms with van der Waals surface area (Å²) in [4.78, 5) is 0. The SMILES string of the molecule is C=CCc1c(N)c(C)c(C=CC)c(N)c1C(=C)C. The van der Waals surface area contributed by atoms with Crippen molar-refractivity contribution in [1.29, 1.82) is 0 Å². The summed E-state index contributed by atoms with van der Waals surface area (Å²) in [5, 5.41) is 0. The summed E-state index contributed by atoms with van der Waals surface area (Å²) in [7, 11) is 0. The molecule has 96 valence electrons. The normalized spacial score (nSPS) is 10.8. The van der Waals surface area contributed by atoms with Crippen LogP contribution in [0.3, 0.4) is 0 Å². The Morgan fingerprint density at radius 1 is 1.28 bits per heavy atom. The maximum Gasteiger partial charge on any atom is 0.0470 e. The molecule has 0 saturated carbocycles. The molecule has 0 atom stereocenters. The predicted molar refractivity (Wildman–Crippen MR) is 83.3 cm³/mol. The minimum absolute atomic E-state index is 0.704. The summed E-state index contributed by atoms with van der Waals surface area (Å²) in [6.45, 7) is 13.7. The zero-order chi connectivity index (χ0) is 13.9. The molecule has 4 N–H and O–H groups in total. The highest BCUT2D eigenvalue weighted by molar-refractivity contribution is 5.88. The van der Waals surface area contributed by atoms with Gasteiger partial charge >= 0.3 is 0 Å². The van der Waals surface area contributed by atoms with E-state index in [4.69, 9.17) is 11.5 Å². The second-order valence-electron chi connectivity index (χ2n) is 4.49. The summed E-state index contributed by atoms with van der Waals surface area (Å²) in [5.41, 5.74) is 19.0. The summed E-state index contributed by atoms with van der Waals surface area (Å²) >= 11 is 0. The van der Waals surface area contributed by atoms with Crippen LogP contribution in [0.1, 0.15) is 36.1 Å². The first-order valence-electron chi connectivity index (χ1n) is 6.05. The fourth-order valence-electron chi connectivity index (χ4n) is 2.23. The molecule has 2 heteroatoms. The molecule has 0 fully saturated rings. The third-order valence-corrected chi connectivity index (χ3v) is 3.10. The molecule has 0 amide bonds. The Balaban J connectivity index is 3.75. The standard InChI is InChI=1S/C16H22N2/c1-6-8-12-11(5)15(17)13(9-7-2)14(10(3)4)16(12)18/h6-8H,2-3,9,17-18H2,1,4-5H3. The molecule has 0 aromatic heterocycles. The molecule has 0 spiro atoms. The van der Waals surface area contributed by atoms with Crippen molar-refractivity contribution >= 4 is 23.0 Å². The van der Waals surface area contributed by atoms with Gasteiger partial charge in [-0.2, -0.15) is 0 Å². The zero-order valence-electron chi connectivity index (χ0n) is 11.5. The molecular formula is C16H22N2. The van der Waals surface area contributed by atoms with Gasteiger partial charge < -0.3 is 11.5 Å². The summed E-state index contributed by atoms with van der Waals surface area (Å²) < 4.78 is 0. The molecule has 0 heterocycles. The van der Waals surface area contributed by atoms with Crippen molar-refractivity contribution < 1.29 is 0 Å². The van der Waals surface area contributed by atoms with Gasteiger partial charge in [0.15, 0.2) is 0 Å². The smallest absolute Gasteiger partial charge is 0.0470 e. The largest absolute Gasteiger partial charge is 0.398 e. The highest BCUT2D eigenvalue weighted by atomic mass is 14.6. The Kier molecular flexibility index (Phi) is 4.38. The van der Waals surface area contributed by atoms with Crippen LogP contribution in [0.25, 0.3) is 11.6 Å². The van der Waals surface area contributed by atoms with E-state index in [-0.39, 0.29) is 0 Å². The summed E-state index contributed by atoms with van der Waals surface area (Å²) in [6.07, 6.45) is 6.50. The monoisotopic (exact) mass is 242 g/mol. The third kappa shape index (κ3) is 2.33. The molecule has 0 unspecified atom stereocenters. The van der Waals surface area contributed by atoms with Crippen LogP contribution in [-0.4, -0.2) is 0 Å². The quantitative estimate of drug-likeness (QED) is 0.620. The molecule has 1 aromatic rings. The maximum absolute atomic E-state index is 6.27. The van der Waals surface area contributed by atoms with E-state index in [1.165, 1.54) is 0 Å². The van der Waals surface area contributed by atoms with Gasteiger partial charge in [-0.25, -0.2) is 0 Å². The topological polar surface area (TPSA) is 52.0 Å². The molecule has 0 bridgehead atoms. The lowest BCUT2D eigenvalue weighted by atomic mass is 9.89. The molecule has 0 aliphatic carbocycles. The van der Waals surface area contributed by atoms with Crippen LogP contribution in [0.4, 0.5) is 11.4 Å². The van der Waals surface area contributed by atoms with Gasteiger partial charge in [0.1, 0.15) is 0 Å². The maximum atomic E-state index is 6.27. The summed E-state index contributed by atoms with van der Waals surface area (Å²) in [5.74, 6) is 0. The van der Waals surface area contributed by atoms with Gasteiger partial charge in [0.25, 0.3) is 0 Å². The predicted octanol–water partition coefficient (Wildman–Crippen LogP) is 3.95. The van der Waals surface area contributed by atoms with Gasteiger partial charge in [-0.05, 0) is 43.9 Å². The van der Waals surface area contributed by atoms with Crippen molar-refractivity contribution in [2.24, 2.45) is 0 Å². The van der Waals surface area contributed by atoms with E-state index in [1.807, 2.05) is 39.0 Å². The molecular weight excluding hydrogens is 220 g/mol. The number of allylic oxidation sites excluding steroid dienone is 3. The fraction of sp³-hybridized carbons (Fsp3) is 0.250. The molecule has 0 aliphatic heterocycles. The van der Waals surface area contributed by atoms with Crippen LogP contribution in [0.15, 0.2) is 25.3 Å². The molecule has 0 saturated heterocycles. The number of hydrogen-bond acceptors (Lipinski definition) is 2. The minimum atomic E-state index is 0.704. The van der Waals surface area contributed by atoms with Crippen LogP contribution < -0.4 is 11.5 Å². The molecule has 18 heavy (non-hydrogen) atoms. The van der Waals surface area contributed by atoms with E-state index in [2.05, 4.69) is 13.2 Å². The van der Waals surface area contributed by atoms with Crippen molar-refractivity contribution in [3.8, 4) is 0 Å². The lowest BCUT2D eigenvalue weighted by molar-refractivity contribution is 1.23. The molecule has 1 aromatic carbocycles. The van der Waals surface area contributed by atoms with Gasteiger partial charge in [-0.3, -0.25) is 0 Å². The number of rotatable bonds is 4. The Morgan fingerprint density at radius 2 is 1.89 bits per heavy atom. The van der Waals surface area contributed by atoms with Gasteiger partial charge in [0.05, 0.1) is 0 Å². The van der Waals surface area contributed by atoms with Crippen molar-refractivity contribution in [3.05, 3.63) is 47.6 Å². The van der Waals surface area contributed by atoms with Gasteiger partial charge in [0.2, 0.25) is 0 Å². The third-order valence-electron chi connectivity index (χ3n) is 3.10. The average molecular weight is 242 g/mol. The Bertz CT molecular complexity index is 523. The van der Waals surface area contributed by atoms with Gasteiger partial charge in [0, 0.05) is 22.5 Å². The number of benzene rings is 1. The van der Waals surface area contributed by atoms with Crippen molar-refractivity contribution in [2.75, 3.05) is 11.5 Å². The first kappa shape index (κ1) is 14.1. The molecule has 2 nitrogen and oxygen atoms in total. The Morgan fingerprint density at radius 3 is 2.33 bits per heavy atom. The lowest BCUT2D eigenvalue weighted by Crippen LogP contribution is -2.08. The number of hydrogen-bond donors (Lipinski definition) is 2. The van der Waals surface area contributed by atoms with E-state index in [1.54, 1.807) is 0 Å². The zero-order valence-corrected chi connectivity index (χ0v) is 11.5. The molecule has 1 rings (SSSR count). The second-order valence-corrected chi connectivity index (χ2v) is 4.49. The number of nitrogen functional groups attached to an aromatic ring is 2. The van der Waals surface area contributed by atoms with E-state index < -0.39 is 0 Å². The van der Waals surface area contributed by atoms with Gasteiger partial charge in [-0.15, -0.1) is 6.58 Å². The van der Waals surface area contributed by atoms with Crippen LogP contribution in [0, 0.1) is 6.92 Å². The van der Waals surface area contributed by atoms with Crippen molar-refractivity contribution in [3.63, 3.8) is 0 Å². The molecule has 0 aliphatic rings. The van der Waals surface area contributed by atoms with Crippen LogP contribution in [0.5, 0.6) is 0 Å². The van der Waals surface area contributed by atoms with Crippen LogP contribution >= 0.6 is 0 Å². The van der Waals surface area contributed by atoms with Crippen molar-refractivity contribution in [1.82, 2.24) is 0 Å². The highest BCUT2D eigenvalue weighted by Gasteiger charge is 2.16. The lowest BCUT2D eigenvalue weighted by Gasteiger charge is -2.19. The first-order chi connectivity index (χ1) is 8.45. The van der Waals surface area contributed by atoms with E-state index in [0.29, 0.717) is 6.42 Å². The summed E-state index contributed by atoms with van der Waals surface area (Å²) in [6, 6.07) is 0. The van der Waals surface area contributed by atoms with E-state index in [9.17, 15) is 0 Å². The van der Waals surface area contributed by atoms with Gasteiger partial charge in [-0.1, -0.05) is 24.8 Å². The number of anilines is 2. The van der Waals surface area contributed by atoms with Crippen LogP contribution in [0.2, 0.25) is 0 Å². The fourth-order valence-corrected chi connectivity index (χ4v) is 2.23. The second kappa shape index (κ2) is 5.58. The van der Waals surface area contributed by atoms with Crippen molar-refractivity contribution in [2.45, 2.75) is 27.2 Å². The van der Waals surface area contributed by atoms with Crippen LogP contribution in [-0.2, 0) is 6.42 Å². The number of nitrogens with two attached hydrogens (primary N) is 2. The Labute approximate surface area is 110 Å². The highest BCUT2D eigenvalue weighted by Crippen LogP contribution is 2.36. The van der Waals surface area contributed by atoms with E-state index in [0.717, 1.165) is 39.2 Å². The Hall–Kier alpha value is -1.96. The first-order valence-corrected chi connectivity index (χ1v) is 6.05.